The van der Waals surface area contributed by atoms with Gasteiger partial charge in [-0.1, -0.05) is 30.3 Å². The van der Waals surface area contributed by atoms with Gasteiger partial charge in [-0.15, -0.1) is 0 Å². The molecule has 4 heteroatoms. The Labute approximate surface area is 106 Å². The molecule has 0 bridgehead atoms. The third-order valence-electron chi connectivity index (χ3n) is 2.98. The number of nitrogens with zero attached hydrogens (tertiary/aromatic N) is 2. The Morgan fingerprint density at radius 2 is 1.94 bits per heavy atom. The number of nitrogen functional groups attached to an aromatic ring is 1. The van der Waals surface area contributed by atoms with Crippen molar-refractivity contribution < 1.29 is 0 Å². The van der Waals surface area contributed by atoms with E-state index in [1.165, 1.54) is 0 Å². The Bertz CT molecular complexity index is 590. The molecule has 4 nitrogen and oxygen atoms in total. The molecule has 90 valence electrons. The summed E-state index contributed by atoms with van der Waals surface area (Å²) in [6.07, 6.45) is 2.57. The van der Waals surface area contributed by atoms with Crippen LogP contribution in [-0.2, 0) is 0 Å². The van der Waals surface area contributed by atoms with Crippen LogP contribution in [0.1, 0.15) is 12.0 Å². The van der Waals surface area contributed by atoms with Crippen molar-refractivity contribution in [1.82, 2.24) is 4.98 Å². The van der Waals surface area contributed by atoms with Crippen molar-refractivity contribution in [2.45, 2.75) is 6.42 Å². The normalized spacial score (nSPS) is 14.1. The second-order valence-electron chi connectivity index (χ2n) is 4.19. The standard InChI is InChI=1S/C14H14N4/c15-14-13-12(7-9-17-14)16-8-6-11(18-13)10-4-2-1-3-5-10/h1-5,7,9,16H,6,8H2,(H2,15,17). The molecule has 2 heterocycles. The first kappa shape index (κ1) is 10.8. The summed E-state index contributed by atoms with van der Waals surface area (Å²) in [5.74, 6) is 0.468. The van der Waals surface area contributed by atoms with Gasteiger partial charge in [0, 0.05) is 19.2 Å². The minimum atomic E-state index is 0.468. The van der Waals surface area contributed by atoms with E-state index in [4.69, 9.17) is 5.73 Å². The van der Waals surface area contributed by atoms with E-state index in [1.807, 2.05) is 24.3 Å². The summed E-state index contributed by atoms with van der Waals surface area (Å²) >= 11 is 0. The first-order valence-electron chi connectivity index (χ1n) is 5.96. The van der Waals surface area contributed by atoms with Crippen molar-refractivity contribution in [3.8, 4) is 0 Å². The van der Waals surface area contributed by atoms with Gasteiger partial charge in [0.15, 0.2) is 5.82 Å². The highest BCUT2D eigenvalue weighted by atomic mass is 15.0. The number of pyridine rings is 1. The van der Waals surface area contributed by atoms with Gasteiger partial charge in [-0.05, 0) is 11.6 Å². The number of nitrogens with one attached hydrogen (secondary N) is 1. The first-order chi connectivity index (χ1) is 8.84. The van der Waals surface area contributed by atoms with E-state index in [-0.39, 0.29) is 0 Å². The lowest BCUT2D eigenvalue weighted by Gasteiger charge is -2.05. The fourth-order valence-corrected chi connectivity index (χ4v) is 2.08. The average Bonchev–Trinajstić information content (AvgIpc) is 2.63. The van der Waals surface area contributed by atoms with Crippen molar-refractivity contribution >= 4 is 22.9 Å². The zero-order chi connectivity index (χ0) is 12.4. The molecule has 3 rings (SSSR count). The number of benzene rings is 1. The molecule has 1 aliphatic heterocycles. The van der Waals surface area contributed by atoms with Gasteiger partial charge in [-0.2, -0.15) is 0 Å². The fourth-order valence-electron chi connectivity index (χ4n) is 2.08. The number of anilines is 2. The third-order valence-corrected chi connectivity index (χ3v) is 2.98. The highest BCUT2D eigenvalue weighted by Crippen LogP contribution is 2.32. The van der Waals surface area contributed by atoms with Crippen LogP contribution < -0.4 is 11.1 Å². The maximum absolute atomic E-state index is 5.89. The van der Waals surface area contributed by atoms with Gasteiger partial charge in [0.05, 0.1) is 11.4 Å². The number of hydrogen-bond donors (Lipinski definition) is 2. The molecule has 0 saturated heterocycles. The molecule has 1 aliphatic rings. The molecule has 3 N–H and O–H groups in total. The lowest BCUT2D eigenvalue weighted by atomic mass is 10.1. The van der Waals surface area contributed by atoms with Crippen molar-refractivity contribution in [2.24, 2.45) is 4.99 Å². The predicted molar refractivity (Wildman–Crippen MR) is 74.4 cm³/mol. The smallest absolute Gasteiger partial charge is 0.151 e. The van der Waals surface area contributed by atoms with Gasteiger partial charge in [-0.25, -0.2) is 9.98 Å². The summed E-state index contributed by atoms with van der Waals surface area (Å²) in [6, 6.07) is 12.1. The van der Waals surface area contributed by atoms with Gasteiger partial charge in [0.1, 0.15) is 5.69 Å². The molecule has 0 saturated carbocycles. The second-order valence-corrected chi connectivity index (χ2v) is 4.19. The lowest BCUT2D eigenvalue weighted by molar-refractivity contribution is 1.12. The minimum absolute atomic E-state index is 0.468. The topological polar surface area (TPSA) is 63.3 Å². The number of nitrogens with two attached hydrogens (primary N) is 1. The molecule has 0 radical (unpaired) electrons. The van der Waals surface area contributed by atoms with E-state index in [0.29, 0.717) is 5.82 Å². The van der Waals surface area contributed by atoms with E-state index in [0.717, 1.165) is 35.6 Å². The number of hydrogen-bond acceptors (Lipinski definition) is 4. The van der Waals surface area contributed by atoms with Crippen molar-refractivity contribution in [1.29, 1.82) is 0 Å². The van der Waals surface area contributed by atoms with Crippen molar-refractivity contribution in [2.75, 3.05) is 17.6 Å². The molecular formula is C14H14N4. The van der Waals surface area contributed by atoms with E-state index in [2.05, 4.69) is 27.4 Å². The molecule has 0 spiro atoms. The largest absolute Gasteiger partial charge is 0.383 e. The molecule has 2 aromatic rings. The van der Waals surface area contributed by atoms with Gasteiger partial charge >= 0.3 is 0 Å². The first-order valence-corrected chi connectivity index (χ1v) is 5.96. The molecule has 0 atom stereocenters. The van der Waals surface area contributed by atoms with E-state index in [1.54, 1.807) is 6.20 Å². The van der Waals surface area contributed by atoms with Crippen LogP contribution in [0.3, 0.4) is 0 Å². The fraction of sp³-hybridized carbons (Fsp3) is 0.143. The van der Waals surface area contributed by atoms with E-state index < -0.39 is 0 Å². The Kier molecular flexibility index (Phi) is 2.68. The van der Waals surface area contributed by atoms with Gasteiger partial charge in [-0.3, -0.25) is 0 Å². The monoisotopic (exact) mass is 238 g/mol. The molecule has 0 unspecified atom stereocenters. The number of rotatable bonds is 1. The lowest BCUT2D eigenvalue weighted by Crippen LogP contribution is -2.06. The van der Waals surface area contributed by atoms with Crippen LogP contribution in [0.4, 0.5) is 17.2 Å². The van der Waals surface area contributed by atoms with Gasteiger partial charge in [0.2, 0.25) is 0 Å². The summed E-state index contributed by atoms with van der Waals surface area (Å²) in [4.78, 5) is 8.77. The summed E-state index contributed by atoms with van der Waals surface area (Å²) < 4.78 is 0. The zero-order valence-electron chi connectivity index (χ0n) is 9.93. The molecule has 0 fully saturated rings. The van der Waals surface area contributed by atoms with Crippen LogP contribution in [-0.4, -0.2) is 17.2 Å². The van der Waals surface area contributed by atoms with E-state index in [9.17, 15) is 0 Å². The van der Waals surface area contributed by atoms with Crippen LogP contribution in [0, 0.1) is 0 Å². The van der Waals surface area contributed by atoms with Crippen molar-refractivity contribution in [3.63, 3.8) is 0 Å². The quantitative estimate of drug-likeness (QED) is 0.802. The minimum Gasteiger partial charge on any atom is -0.383 e. The number of aliphatic imine (C=N–C) groups is 1. The maximum Gasteiger partial charge on any atom is 0.151 e. The zero-order valence-corrected chi connectivity index (χ0v) is 9.93. The van der Waals surface area contributed by atoms with Crippen LogP contribution in [0.5, 0.6) is 0 Å². The van der Waals surface area contributed by atoms with Gasteiger partial charge in [0.25, 0.3) is 0 Å². The maximum atomic E-state index is 5.89. The highest BCUT2D eigenvalue weighted by molar-refractivity contribution is 6.04. The molecule has 18 heavy (non-hydrogen) atoms. The molecule has 0 amide bonds. The molecule has 0 aliphatic carbocycles. The van der Waals surface area contributed by atoms with Crippen LogP contribution in [0.25, 0.3) is 0 Å². The second kappa shape index (κ2) is 4.49. The summed E-state index contributed by atoms with van der Waals surface area (Å²) in [6.45, 7) is 0.851. The molecular weight excluding hydrogens is 224 g/mol. The molecule has 1 aromatic heterocycles. The Hall–Kier alpha value is -2.36. The van der Waals surface area contributed by atoms with Crippen molar-refractivity contribution in [3.05, 3.63) is 48.2 Å². The van der Waals surface area contributed by atoms with Crippen LogP contribution >= 0.6 is 0 Å². The summed E-state index contributed by atoms with van der Waals surface area (Å²) in [5.41, 5.74) is 9.77. The number of fused-ring (bicyclic) bond motifs is 1. The third kappa shape index (κ3) is 1.93. The highest BCUT2D eigenvalue weighted by Gasteiger charge is 2.13. The summed E-state index contributed by atoms with van der Waals surface area (Å²) in [5, 5.41) is 3.33. The Morgan fingerprint density at radius 3 is 2.78 bits per heavy atom. The molecule has 1 aromatic carbocycles. The predicted octanol–water partition coefficient (Wildman–Crippen LogP) is 2.60. The van der Waals surface area contributed by atoms with Crippen LogP contribution in [0.15, 0.2) is 47.6 Å². The average molecular weight is 238 g/mol. The van der Waals surface area contributed by atoms with Gasteiger partial charge < -0.3 is 11.1 Å². The van der Waals surface area contributed by atoms with Crippen LogP contribution in [0.2, 0.25) is 0 Å². The summed E-state index contributed by atoms with van der Waals surface area (Å²) in [7, 11) is 0. The SMILES string of the molecule is Nc1nccc2c1N=C(c1ccccc1)CCN2. The Morgan fingerprint density at radius 1 is 1.11 bits per heavy atom. The number of aromatic nitrogens is 1. The van der Waals surface area contributed by atoms with E-state index >= 15 is 0 Å². The Balaban J connectivity index is 2.10.